The van der Waals surface area contributed by atoms with Crippen molar-refractivity contribution in [3.05, 3.63) is 0 Å². The molecular formula is C14H26N2O2. The lowest BCUT2D eigenvalue weighted by Crippen LogP contribution is -2.40. The number of likely N-dealkylation sites (tertiary alicyclic amines) is 2. The van der Waals surface area contributed by atoms with Crippen LogP contribution in [0.5, 0.6) is 0 Å². The van der Waals surface area contributed by atoms with Crippen LogP contribution in [0.15, 0.2) is 0 Å². The molecule has 0 aromatic carbocycles. The predicted octanol–water partition coefficient (Wildman–Crippen LogP) is 1.66. The summed E-state index contributed by atoms with van der Waals surface area (Å²) >= 11 is 0. The van der Waals surface area contributed by atoms with Crippen molar-refractivity contribution in [1.29, 1.82) is 0 Å². The minimum Gasteiger partial charge on any atom is -0.481 e. The molecule has 2 aliphatic rings. The number of aliphatic carboxylic acids is 1. The fourth-order valence-corrected chi connectivity index (χ4v) is 3.21. The SMILES string of the molecule is O=C(O)CCC1CCCN(CCN2CCCC2)C1. The zero-order valence-electron chi connectivity index (χ0n) is 11.3. The summed E-state index contributed by atoms with van der Waals surface area (Å²) in [6, 6.07) is 0. The summed E-state index contributed by atoms with van der Waals surface area (Å²) in [5.41, 5.74) is 0. The van der Waals surface area contributed by atoms with Crippen LogP contribution in [-0.2, 0) is 4.79 Å². The molecule has 0 spiro atoms. The van der Waals surface area contributed by atoms with Crippen molar-refractivity contribution in [2.45, 2.75) is 38.5 Å². The van der Waals surface area contributed by atoms with Gasteiger partial charge in [-0.15, -0.1) is 0 Å². The van der Waals surface area contributed by atoms with Crippen LogP contribution in [-0.4, -0.2) is 60.1 Å². The molecule has 1 N–H and O–H groups in total. The summed E-state index contributed by atoms with van der Waals surface area (Å²) in [5, 5.41) is 8.74. The van der Waals surface area contributed by atoms with Gasteiger partial charge >= 0.3 is 5.97 Å². The summed E-state index contributed by atoms with van der Waals surface area (Å²) in [6.07, 6.45) is 6.38. The molecule has 0 aromatic rings. The van der Waals surface area contributed by atoms with Gasteiger partial charge in [0.15, 0.2) is 0 Å². The fraction of sp³-hybridized carbons (Fsp3) is 0.929. The van der Waals surface area contributed by atoms with Crippen LogP contribution in [0.4, 0.5) is 0 Å². The third-order valence-electron chi connectivity index (χ3n) is 4.30. The second-order valence-electron chi connectivity index (χ2n) is 5.79. The number of rotatable bonds is 6. The third kappa shape index (κ3) is 4.58. The first-order chi connectivity index (χ1) is 8.74. The summed E-state index contributed by atoms with van der Waals surface area (Å²) < 4.78 is 0. The molecule has 4 nitrogen and oxygen atoms in total. The van der Waals surface area contributed by atoms with Crippen molar-refractivity contribution in [2.24, 2.45) is 5.92 Å². The average molecular weight is 254 g/mol. The second kappa shape index (κ2) is 7.10. The fourth-order valence-electron chi connectivity index (χ4n) is 3.21. The van der Waals surface area contributed by atoms with E-state index in [1.54, 1.807) is 0 Å². The van der Waals surface area contributed by atoms with Gasteiger partial charge in [0.05, 0.1) is 0 Å². The standard InChI is InChI=1S/C14H26N2O2/c17-14(18)6-5-13-4-3-9-16(12-13)11-10-15-7-1-2-8-15/h13H,1-12H2,(H,17,18). The van der Waals surface area contributed by atoms with Gasteiger partial charge in [0.1, 0.15) is 0 Å². The molecule has 2 saturated heterocycles. The highest BCUT2D eigenvalue weighted by atomic mass is 16.4. The number of carboxylic acid groups (broad SMARTS) is 1. The Kier molecular flexibility index (Phi) is 5.45. The van der Waals surface area contributed by atoms with Crippen LogP contribution in [0.3, 0.4) is 0 Å². The van der Waals surface area contributed by atoms with Gasteiger partial charge in [0.25, 0.3) is 0 Å². The van der Waals surface area contributed by atoms with E-state index in [9.17, 15) is 4.79 Å². The highest BCUT2D eigenvalue weighted by Gasteiger charge is 2.21. The van der Waals surface area contributed by atoms with Crippen molar-refractivity contribution >= 4 is 5.97 Å². The van der Waals surface area contributed by atoms with Crippen molar-refractivity contribution in [2.75, 3.05) is 39.3 Å². The van der Waals surface area contributed by atoms with E-state index in [2.05, 4.69) is 9.80 Å². The topological polar surface area (TPSA) is 43.8 Å². The van der Waals surface area contributed by atoms with Crippen LogP contribution in [0.2, 0.25) is 0 Å². The number of nitrogens with zero attached hydrogens (tertiary/aromatic N) is 2. The van der Waals surface area contributed by atoms with E-state index in [1.165, 1.54) is 58.4 Å². The minimum absolute atomic E-state index is 0.338. The summed E-state index contributed by atoms with van der Waals surface area (Å²) in [6.45, 7) is 7.24. The summed E-state index contributed by atoms with van der Waals surface area (Å²) in [7, 11) is 0. The molecule has 1 unspecified atom stereocenters. The van der Waals surface area contributed by atoms with Gasteiger partial charge < -0.3 is 14.9 Å². The first-order valence-corrected chi connectivity index (χ1v) is 7.40. The van der Waals surface area contributed by atoms with Gasteiger partial charge in [-0.05, 0) is 57.7 Å². The molecule has 0 bridgehead atoms. The Morgan fingerprint density at radius 1 is 1.06 bits per heavy atom. The van der Waals surface area contributed by atoms with Crippen LogP contribution in [0.25, 0.3) is 0 Å². The van der Waals surface area contributed by atoms with Gasteiger partial charge in [0.2, 0.25) is 0 Å². The molecule has 1 atom stereocenters. The number of hydrogen-bond donors (Lipinski definition) is 1. The summed E-state index contributed by atoms with van der Waals surface area (Å²) in [4.78, 5) is 15.7. The Balaban J connectivity index is 1.64. The Morgan fingerprint density at radius 2 is 1.72 bits per heavy atom. The van der Waals surface area contributed by atoms with Crippen molar-refractivity contribution in [1.82, 2.24) is 9.80 Å². The van der Waals surface area contributed by atoms with Gasteiger partial charge in [-0.2, -0.15) is 0 Å². The maximum Gasteiger partial charge on any atom is 0.303 e. The molecule has 104 valence electrons. The first kappa shape index (κ1) is 13.8. The average Bonchev–Trinajstić information content (AvgIpc) is 2.87. The number of piperidine rings is 1. The maximum absolute atomic E-state index is 10.6. The third-order valence-corrected chi connectivity index (χ3v) is 4.30. The molecule has 4 heteroatoms. The summed E-state index contributed by atoms with van der Waals surface area (Å²) in [5.74, 6) is -0.0439. The largest absolute Gasteiger partial charge is 0.481 e. The molecule has 0 saturated carbocycles. The van der Waals surface area contributed by atoms with E-state index in [1.807, 2.05) is 0 Å². The first-order valence-electron chi connectivity index (χ1n) is 7.40. The highest BCUT2D eigenvalue weighted by molar-refractivity contribution is 5.66. The van der Waals surface area contributed by atoms with Crippen molar-refractivity contribution in [3.8, 4) is 0 Å². The number of carboxylic acids is 1. The van der Waals surface area contributed by atoms with Crippen molar-refractivity contribution in [3.63, 3.8) is 0 Å². The number of carbonyl (C=O) groups is 1. The molecule has 0 aliphatic carbocycles. The monoisotopic (exact) mass is 254 g/mol. The molecule has 2 aliphatic heterocycles. The minimum atomic E-state index is -0.649. The molecule has 18 heavy (non-hydrogen) atoms. The lowest BCUT2D eigenvalue weighted by molar-refractivity contribution is -0.137. The zero-order valence-corrected chi connectivity index (χ0v) is 11.3. The van der Waals surface area contributed by atoms with Crippen LogP contribution in [0.1, 0.15) is 38.5 Å². The second-order valence-corrected chi connectivity index (χ2v) is 5.79. The lowest BCUT2D eigenvalue weighted by Gasteiger charge is -2.33. The molecule has 0 radical (unpaired) electrons. The Morgan fingerprint density at radius 3 is 2.44 bits per heavy atom. The van der Waals surface area contributed by atoms with E-state index >= 15 is 0 Å². The van der Waals surface area contributed by atoms with Crippen molar-refractivity contribution < 1.29 is 9.90 Å². The molecule has 0 amide bonds. The van der Waals surface area contributed by atoms with E-state index < -0.39 is 5.97 Å². The van der Waals surface area contributed by atoms with E-state index in [4.69, 9.17) is 5.11 Å². The normalized spacial score (nSPS) is 26.6. The van der Waals surface area contributed by atoms with Gasteiger partial charge in [-0.3, -0.25) is 4.79 Å². The van der Waals surface area contributed by atoms with Gasteiger partial charge in [0, 0.05) is 26.1 Å². The predicted molar refractivity (Wildman–Crippen MR) is 71.7 cm³/mol. The van der Waals surface area contributed by atoms with Crippen LogP contribution < -0.4 is 0 Å². The molecule has 2 heterocycles. The van der Waals surface area contributed by atoms with E-state index in [-0.39, 0.29) is 0 Å². The smallest absolute Gasteiger partial charge is 0.303 e. The maximum atomic E-state index is 10.6. The number of hydrogen-bond acceptors (Lipinski definition) is 3. The quantitative estimate of drug-likeness (QED) is 0.783. The van der Waals surface area contributed by atoms with E-state index in [0.717, 1.165) is 13.0 Å². The molecule has 2 rings (SSSR count). The highest BCUT2D eigenvalue weighted by Crippen LogP contribution is 2.21. The molecule has 0 aromatic heterocycles. The van der Waals surface area contributed by atoms with Crippen LogP contribution in [0, 0.1) is 5.92 Å². The Hall–Kier alpha value is -0.610. The van der Waals surface area contributed by atoms with E-state index in [0.29, 0.717) is 12.3 Å². The Labute approximate surface area is 110 Å². The van der Waals surface area contributed by atoms with Crippen LogP contribution >= 0.6 is 0 Å². The van der Waals surface area contributed by atoms with Gasteiger partial charge in [-0.25, -0.2) is 0 Å². The Bertz CT molecular complexity index is 265. The molecule has 2 fully saturated rings. The molecular weight excluding hydrogens is 228 g/mol. The zero-order chi connectivity index (χ0) is 12.8. The van der Waals surface area contributed by atoms with Gasteiger partial charge in [-0.1, -0.05) is 0 Å². The lowest BCUT2D eigenvalue weighted by atomic mass is 9.93.